The average molecular weight is 669 g/mol. The van der Waals surface area contributed by atoms with Gasteiger partial charge < -0.3 is 29.2 Å². The van der Waals surface area contributed by atoms with E-state index in [4.69, 9.17) is 18.9 Å². The highest BCUT2D eigenvalue weighted by molar-refractivity contribution is 6.02. The van der Waals surface area contributed by atoms with Gasteiger partial charge in [-0.15, -0.1) is 0 Å². The molecule has 0 aliphatic heterocycles. The number of carbonyl (C=O) groups excluding carboxylic acids is 2. The van der Waals surface area contributed by atoms with Crippen molar-refractivity contribution in [2.75, 3.05) is 26.4 Å². The minimum atomic E-state index is -1.40. The zero-order valence-electron chi connectivity index (χ0n) is 29.3. The molecule has 49 heavy (non-hydrogen) atoms. The second-order valence-corrected chi connectivity index (χ2v) is 13.6. The molecule has 0 aliphatic carbocycles. The van der Waals surface area contributed by atoms with Crippen molar-refractivity contribution in [1.29, 1.82) is 0 Å². The van der Waals surface area contributed by atoms with Crippen LogP contribution in [0.1, 0.15) is 84.5 Å². The number of aliphatic hydroxyl groups is 2. The maximum absolute atomic E-state index is 12.2. The van der Waals surface area contributed by atoms with Crippen molar-refractivity contribution in [2.24, 2.45) is 0 Å². The number of hydrogen-bond acceptors (Lipinski definition) is 8. The Morgan fingerprint density at radius 1 is 0.490 bits per heavy atom. The van der Waals surface area contributed by atoms with Gasteiger partial charge in [-0.1, -0.05) is 86.6 Å². The Morgan fingerprint density at radius 2 is 0.816 bits per heavy atom. The molecule has 0 saturated heterocycles. The highest BCUT2D eigenvalue weighted by Gasteiger charge is 2.26. The van der Waals surface area contributed by atoms with Gasteiger partial charge in [0.25, 0.3) is 0 Å². The number of carbonyl (C=O) groups is 2. The van der Waals surface area contributed by atoms with Crippen LogP contribution < -0.4 is 9.47 Å². The predicted octanol–water partition coefficient (Wildman–Crippen LogP) is 7.11. The fraction of sp³-hybridized carbons (Fsp3) is 0.366. The van der Waals surface area contributed by atoms with Crippen LogP contribution in [0.3, 0.4) is 0 Å². The third-order valence-electron chi connectivity index (χ3n) is 8.23. The molecule has 4 aromatic carbocycles. The highest BCUT2D eigenvalue weighted by Crippen LogP contribution is 2.33. The van der Waals surface area contributed by atoms with Crippen molar-refractivity contribution in [3.63, 3.8) is 0 Å². The normalized spacial score (nSPS) is 12.1. The summed E-state index contributed by atoms with van der Waals surface area (Å²) < 4.78 is 23.2. The molecule has 2 N–H and O–H groups in total. The monoisotopic (exact) mass is 668 g/mol. The van der Waals surface area contributed by atoms with Crippen molar-refractivity contribution >= 4 is 11.6 Å². The second kappa shape index (κ2) is 16.4. The molecular weight excluding hydrogens is 620 g/mol. The molecule has 0 aliphatic rings. The quantitative estimate of drug-likeness (QED) is 0.0853. The van der Waals surface area contributed by atoms with E-state index < -0.39 is 11.2 Å². The molecule has 8 heteroatoms. The summed E-state index contributed by atoms with van der Waals surface area (Å²) >= 11 is 0. The van der Waals surface area contributed by atoms with Gasteiger partial charge >= 0.3 is 0 Å². The lowest BCUT2D eigenvalue weighted by Crippen LogP contribution is -2.31. The lowest BCUT2D eigenvalue weighted by Gasteiger charge is -2.26. The molecule has 260 valence electrons. The van der Waals surface area contributed by atoms with E-state index in [1.54, 1.807) is 24.3 Å². The van der Waals surface area contributed by atoms with Crippen LogP contribution in [0.2, 0.25) is 0 Å². The molecule has 0 atom stereocenters. The summed E-state index contributed by atoms with van der Waals surface area (Å²) in [6.07, 6.45) is 0. The summed E-state index contributed by atoms with van der Waals surface area (Å²) in [6.45, 7) is 12.7. The fourth-order valence-corrected chi connectivity index (χ4v) is 5.13. The Hall–Kier alpha value is -4.34. The molecule has 0 unspecified atom stereocenters. The van der Waals surface area contributed by atoms with E-state index in [9.17, 15) is 19.8 Å². The Labute approximate surface area is 289 Å². The van der Waals surface area contributed by atoms with Crippen molar-refractivity contribution in [1.82, 2.24) is 0 Å². The van der Waals surface area contributed by atoms with Gasteiger partial charge in [0.15, 0.2) is 11.6 Å². The van der Waals surface area contributed by atoms with E-state index in [1.807, 2.05) is 48.5 Å². The molecule has 0 fully saturated rings. The zero-order chi connectivity index (χ0) is 35.7. The molecule has 0 heterocycles. The van der Waals surface area contributed by atoms with E-state index in [2.05, 4.69) is 38.1 Å². The summed E-state index contributed by atoms with van der Waals surface area (Å²) in [5.74, 6) is 0.903. The first-order valence-corrected chi connectivity index (χ1v) is 16.5. The topological polar surface area (TPSA) is 112 Å². The van der Waals surface area contributed by atoms with Gasteiger partial charge in [-0.2, -0.15) is 0 Å². The largest absolute Gasteiger partial charge is 0.491 e. The minimum absolute atomic E-state index is 0.233. The average Bonchev–Trinajstić information content (AvgIpc) is 3.07. The molecule has 0 radical (unpaired) electrons. The number of Topliss-reactive ketones (excluding diaryl/α,β-unsaturated/α-hetero) is 2. The Balaban J connectivity index is 1.16. The first-order chi connectivity index (χ1) is 23.1. The van der Waals surface area contributed by atoms with Gasteiger partial charge in [0.2, 0.25) is 0 Å². The SMILES string of the molecule is CC(C)(O)C(=O)c1ccc(COCCOc2ccc(C(C)(C)c3ccc(OCCOCc4ccc(C(=O)C(C)(C)O)cc4)cc3)cc2)cc1. The van der Waals surface area contributed by atoms with Crippen LogP contribution in [0.4, 0.5) is 0 Å². The third-order valence-corrected chi connectivity index (χ3v) is 8.23. The first-order valence-electron chi connectivity index (χ1n) is 16.5. The maximum Gasteiger partial charge on any atom is 0.193 e. The number of ether oxygens (including phenoxy) is 4. The number of hydrogen-bond donors (Lipinski definition) is 2. The molecule has 0 spiro atoms. The summed E-state index contributed by atoms with van der Waals surface area (Å²) in [7, 11) is 0. The number of ketones is 2. The van der Waals surface area contributed by atoms with Crippen molar-refractivity contribution in [2.45, 2.75) is 71.4 Å². The van der Waals surface area contributed by atoms with Crippen LogP contribution in [0.25, 0.3) is 0 Å². The van der Waals surface area contributed by atoms with Gasteiger partial charge in [-0.3, -0.25) is 9.59 Å². The fourth-order valence-electron chi connectivity index (χ4n) is 5.13. The lowest BCUT2D eigenvalue weighted by atomic mass is 9.78. The van der Waals surface area contributed by atoms with Gasteiger partial charge in [0.1, 0.15) is 35.9 Å². The van der Waals surface area contributed by atoms with E-state index in [1.165, 1.54) is 27.7 Å². The van der Waals surface area contributed by atoms with Crippen molar-refractivity contribution < 1.29 is 38.7 Å². The smallest absolute Gasteiger partial charge is 0.193 e. The first kappa shape index (κ1) is 37.5. The standard InChI is InChI=1S/C41H48O8/c1-39(2,33-15-19-35(20-16-33)48-25-23-46-27-29-7-11-31(12-8-29)37(42)40(3,4)44)34-17-21-36(22-18-34)49-26-24-47-28-30-9-13-32(14-10-30)38(43)41(5,6)45/h7-22,44-45H,23-28H2,1-6H3. The maximum atomic E-state index is 12.2. The van der Waals surface area contributed by atoms with Crippen molar-refractivity contribution in [3.05, 3.63) is 130 Å². The Bertz CT molecular complexity index is 1520. The van der Waals surface area contributed by atoms with Gasteiger partial charge in [-0.05, 0) is 74.2 Å². The van der Waals surface area contributed by atoms with Gasteiger partial charge in [-0.25, -0.2) is 0 Å². The van der Waals surface area contributed by atoms with Crippen LogP contribution in [0.15, 0.2) is 97.1 Å². The second-order valence-electron chi connectivity index (χ2n) is 13.6. The van der Waals surface area contributed by atoms with Crippen molar-refractivity contribution in [3.8, 4) is 11.5 Å². The zero-order valence-corrected chi connectivity index (χ0v) is 29.3. The molecule has 0 bridgehead atoms. The van der Waals surface area contributed by atoms with Gasteiger partial charge in [0.05, 0.1) is 26.4 Å². The molecule has 4 aromatic rings. The predicted molar refractivity (Wildman–Crippen MR) is 189 cm³/mol. The van der Waals surface area contributed by atoms with E-state index in [0.29, 0.717) is 50.8 Å². The van der Waals surface area contributed by atoms with Crippen LogP contribution >= 0.6 is 0 Å². The Morgan fingerprint density at radius 3 is 1.12 bits per heavy atom. The lowest BCUT2D eigenvalue weighted by molar-refractivity contribution is 0.0487. The molecule has 8 nitrogen and oxygen atoms in total. The molecule has 4 rings (SSSR count). The molecular formula is C41H48O8. The summed E-state index contributed by atoms with van der Waals surface area (Å²) in [5.41, 5.74) is 2.09. The summed E-state index contributed by atoms with van der Waals surface area (Å²) in [4.78, 5) is 24.3. The van der Waals surface area contributed by atoms with E-state index in [-0.39, 0.29) is 17.0 Å². The number of rotatable bonds is 18. The van der Waals surface area contributed by atoms with Crippen LogP contribution in [-0.4, -0.2) is 59.4 Å². The summed E-state index contributed by atoms with van der Waals surface area (Å²) in [5, 5.41) is 19.8. The van der Waals surface area contributed by atoms with E-state index in [0.717, 1.165) is 33.8 Å². The molecule has 0 saturated carbocycles. The minimum Gasteiger partial charge on any atom is -0.491 e. The molecule has 0 amide bonds. The van der Waals surface area contributed by atoms with Crippen LogP contribution in [0, 0.1) is 0 Å². The van der Waals surface area contributed by atoms with E-state index >= 15 is 0 Å². The Kier molecular flexibility index (Phi) is 12.5. The summed E-state index contributed by atoms with van der Waals surface area (Å²) in [6, 6.07) is 30.3. The number of benzene rings is 4. The van der Waals surface area contributed by atoms with Gasteiger partial charge in [0, 0.05) is 16.5 Å². The molecule has 0 aromatic heterocycles. The highest BCUT2D eigenvalue weighted by atomic mass is 16.5. The van der Waals surface area contributed by atoms with Crippen LogP contribution in [-0.2, 0) is 28.1 Å². The van der Waals surface area contributed by atoms with Crippen LogP contribution in [0.5, 0.6) is 11.5 Å². The third kappa shape index (κ3) is 10.8.